The Labute approximate surface area is 299 Å². The smallest absolute Gasteiger partial charge is 0.410 e. The Hall–Kier alpha value is -4.57. The molecule has 11 heteroatoms. The minimum Gasteiger partial charge on any atom is -0.445 e. The molecule has 1 N–H and O–H groups in total. The van der Waals surface area contributed by atoms with Crippen molar-refractivity contribution < 1.29 is 23.9 Å². The molecule has 0 bridgehead atoms. The molecule has 2 heterocycles. The van der Waals surface area contributed by atoms with E-state index in [1.807, 2.05) is 80.8 Å². The SMILES string of the molecule is CC(N(Cc1ccc2c(c1)nc(NC(=O)c1ccc(Cl)cc1)n2C1CCCN(C(=O)OC(C)(C)C)C1)C(=O)OCc1ccccc1)C(C)(C)C. The van der Waals surface area contributed by atoms with Crippen LogP contribution < -0.4 is 5.32 Å². The second-order valence-corrected chi connectivity index (χ2v) is 15.5. The molecule has 0 radical (unpaired) electrons. The number of ether oxygens (including phenoxy) is 2. The lowest BCUT2D eigenvalue weighted by atomic mass is 9.87. The Morgan fingerprint density at radius 1 is 0.980 bits per heavy atom. The summed E-state index contributed by atoms with van der Waals surface area (Å²) in [7, 11) is 0. The molecule has 0 saturated carbocycles. The highest BCUT2D eigenvalue weighted by Crippen LogP contribution is 2.33. The average molecular weight is 702 g/mol. The van der Waals surface area contributed by atoms with Gasteiger partial charge in [0.05, 0.1) is 17.1 Å². The number of likely N-dealkylation sites (tertiary alicyclic amines) is 1. The van der Waals surface area contributed by atoms with Crippen molar-refractivity contribution in [3.63, 3.8) is 0 Å². The number of hydrogen-bond acceptors (Lipinski definition) is 6. The molecule has 1 fully saturated rings. The van der Waals surface area contributed by atoms with Crippen LogP contribution in [0.5, 0.6) is 0 Å². The topological polar surface area (TPSA) is 106 Å². The van der Waals surface area contributed by atoms with Crippen LogP contribution in [0.25, 0.3) is 11.0 Å². The minimum atomic E-state index is -0.619. The Bertz CT molecular complexity index is 1810. The molecule has 4 aromatic rings. The molecule has 1 aliphatic heterocycles. The van der Waals surface area contributed by atoms with Crippen LogP contribution in [0.1, 0.15) is 88.8 Å². The van der Waals surface area contributed by atoms with E-state index in [1.54, 1.807) is 34.1 Å². The first-order valence-corrected chi connectivity index (χ1v) is 17.5. The van der Waals surface area contributed by atoms with Gasteiger partial charge < -0.3 is 23.8 Å². The molecule has 3 aromatic carbocycles. The molecule has 5 rings (SSSR count). The van der Waals surface area contributed by atoms with Crippen LogP contribution in [0, 0.1) is 5.41 Å². The van der Waals surface area contributed by atoms with Crippen LogP contribution in [0.15, 0.2) is 72.8 Å². The molecule has 1 aliphatic rings. The lowest BCUT2D eigenvalue weighted by Gasteiger charge is -2.37. The van der Waals surface area contributed by atoms with Crippen molar-refractivity contribution in [1.82, 2.24) is 19.4 Å². The third kappa shape index (κ3) is 9.15. The number of benzene rings is 3. The van der Waals surface area contributed by atoms with Gasteiger partial charge in [0, 0.05) is 36.3 Å². The highest BCUT2D eigenvalue weighted by atomic mass is 35.5. The van der Waals surface area contributed by atoms with Crippen molar-refractivity contribution in [2.24, 2.45) is 5.41 Å². The molecular formula is C39H48ClN5O5. The van der Waals surface area contributed by atoms with Gasteiger partial charge in [0.2, 0.25) is 5.95 Å². The summed E-state index contributed by atoms with van der Waals surface area (Å²) in [5, 5.41) is 3.55. The van der Waals surface area contributed by atoms with Gasteiger partial charge in [-0.05, 0) is 93.5 Å². The summed E-state index contributed by atoms with van der Waals surface area (Å²) in [5.41, 5.74) is 2.85. The molecule has 2 unspecified atom stereocenters. The number of nitrogens with zero attached hydrogens (tertiary/aromatic N) is 4. The van der Waals surface area contributed by atoms with E-state index in [2.05, 4.69) is 26.1 Å². The van der Waals surface area contributed by atoms with Crippen molar-refractivity contribution in [3.8, 4) is 0 Å². The number of halogens is 1. The maximum Gasteiger partial charge on any atom is 0.410 e. The van der Waals surface area contributed by atoms with E-state index in [0.29, 0.717) is 41.7 Å². The summed E-state index contributed by atoms with van der Waals surface area (Å²) in [4.78, 5) is 48.5. The molecule has 266 valence electrons. The van der Waals surface area contributed by atoms with Crippen LogP contribution in [0.4, 0.5) is 15.5 Å². The number of amides is 3. The summed E-state index contributed by atoms with van der Waals surface area (Å²) >= 11 is 6.07. The zero-order valence-electron chi connectivity index (χ0n) is 30.0. The predicted octanol–water partition coefficient (Wildman–Crippen LogP) is 9.09. The van der Waals surface area contributed by atoms with Gasteiger partial charge in [0.1, 0.15) is 12.2 Å². The number of carbonyl (C=O) groups is 3. The normalized spacial score (nSPS) is 15.8. The number of anilines is 1. The van der Waals surface area contributed by atoms with Gasteiger partial charge in [0.15, 0.2) is 0 Å². The maximum absolute atomic E-state index is 13.6. The standard InChI is InChI=1S/C39H48ClN5O5/c1-26(38(2,3)4)44(37(48)49-25-27-12-9-8-10-13-27)23-28-15-20-33-32(22-28)41-35(42-34(46)29-16-18-30(40)19-17-29)45(33)31-14-11-21-43(24-31)36(47)50-39(5,6)7/h8-10,12-13,15-20,22,26,31H,11,14,21,23-25H2,1-7H3,(H,41,42,46). The van der Waals surface area contributed by atoms with Crippen molar-refractivity contribution in [3.05, 3.63) is 94.5 Å². The summed E-state index contributed by atoms with van der Waals surface area (Å²) in [6.07, 6.45) is 0.771. The van der Waals surface area contributed by atoms with Gasteiger partial charge in [0.25, 0.3) is 5.91 Å². The van der Waals surface area contributed by atoms with E-state index in [9.17, 15) is 14.4 Å². The largest absolute Gasteiger partial charge is 0.445 e. The lowest BCUT2D eigenvalue weighted by Crippen LogP contribution is -2.45. The summed E-state index contributed by atoms with van der Waals surface area (Å²) < 4.78 is 13.5. The fraction of sp³-hybridized carbons (Fsp3) is 0.436. The summed E-state index contributed by atoms with van der Waals surface area (Å²) in [5.74, 6) is 0.0416. The minimum absolute atomic E-state index is 0.144. The van der Waals surface area contributed by atoms with Crippen LogP contribution in [-0.2, 0) is 22.6 Å². The van der Waals surface area contributed by atoms with Crippen molar-refractivity contribution in [1.29, 1.82) is 0 Å². The second kappa shape index (κ2) is 15.1. The van der Waals surface area contributed by atoms with Crippen molar-refractivity contribution in [2.75, 3.05) is 18.4 Å². The maximum atomic E-state index is 13.6. The average Bonchev–Trinajstić information content (AvgIpc) is 3.42. The fourth-order valence-electron chi connectivity index (χ4n) is 5.96. The number of piperidine rings is 1. The number of imidazole rings is 1. The van der Waals surface area contributed by atoms with E-state index in [1.165, 1.54) is 0 Å². The van der Waals surface area contributed by atoms with Gasteiger partial charge >= 0.3 is 12.2 Å². The van der Waals surface area contributed by atoms with Crippen molar-refractivity contribution >= 4 is 46.7 Å². The van der Waals surface area contributed by atoms with Gasteiger partial charge in [-0.3, -0.25) is 10.1 Å². The molecule has 0 spiro atoms. The molecule has 1 aromatic heterocycles. The Kier molecular flexibility index (Phi) is 11.1. The van der Waals surface area contributed by atoms with E-state index >= 15 is 0 Å². The zero-order chi connectivity index (χ0) is 36.2. The quantitative estimate of drug-likeness (QED) is 0.196. The van der Waals surface area contributed by atoms with Gasteiger partial charge in [-0.2, -0.15) is 0 Å². The van der Waals surface area contributed by atoms with Crippen LogP contribution in [-0.4, -0.2) is 62.2 Å². The highest BCUT2D eigenvalue weighted by molar-refractivity contribution is 6.30. The number of carbonyl (C=O) groups excluding carboxylic acids is 3. The van der Waals surface area contributed by atoms with Crippen LogP contribution >= 0.6 is 11.6 Å². The number of rotatable bonds is 8. The Balaban J connectivity index is 1.47. The van der Waals surface area contributed by atoms with Crippen molar-refractivity contribution in [2.45, 2.75) is 92.1 Å². The molecule has 2 atom stereocenters. The van der Waals surface area contributed by atoms with Gasteiger partial charge in [-0.1, -0.05) is 68.8 Å². The predicted molar refractivity (Wildman–Crippen MR) is 196 cm³/mol. The number of aromatic nitrogens is 2. The molecule has 10 nitrogen and oxygen atoms in total. The zero-order valence-corrected chi connectivity index (χ0v) is 30.8. The van der Waals surface area contributed by atoms with E-state index in [0.717, 1.165) is 29.5 Å². The fourth-order valence-corrected chi connectivity index (χ4v) is 6.09. The van der Waals surface area contributed by atoms with Gasteiger partial charge in [-0.15, -0.1) is 0 Å². The van der Waals surface area contributed by atoms with Crippen LogP contribution in [0.2, 0.25) is 5.02 Å². The molecule has 0 aliphatic carbocycles. The monoisotopic (exact) mass is 701 g/mol. The Morgan fingerprint density at radius 2 is 1.68 bits per heavy atom. The first kappa shape index (κ1) is 36.7. The molecule has 1 saturated heterocycles. The van der Waals surface area contributed by atoms with E-state index in [-0.39, 0.29) is 36.1 Å². The molecule has 50 heavy (non-hydrogen) atoms. The third-order valence-electron chi connectivity index (χ3n) is 9.01. The summed E-state index contributed by atoms with van der Waals surface area (Å²) in [6, 6.07) is 21.9. The Morgan fingerprint density at radius 3 is 2.34 bits per heavy atom. The third-order valence-corrected chi connectivity index (χ3v) is 9.26. The number of hydrogen-bond donors (Lipinski definition) is 1. The second-order valence-electron chi connectivity index (χ2n) is 15.0. The highest BCUT2D eigenvalue weighted by Gasteiger charge is 2.33. The first-order chi connectivity index (χ1) is 23.6. The number of fused-ring (bicyclic) bond motifs is 1. The lowest BCUT2D eigenvalue weighted by molar-refractivity contribution is 0.0174. The van der Waals surface area contributed by atoms with E-state index < -0.39 is 11.7 Å². The van der Waals surface area contributed by atoms with Gasteiger partial charge in [-0.25, -0.2) is 14.6 Å². The summed E-state index contributed by atoms with van der Waals surface area (Å²) in [6.45, 7) is 15.3. The molecule has 3 amide bonds. The first-order valence-electron chi connectivity index (χ1n) is 17.1. The van der Waals surface area contributed by atoms with E-state index in [4.69, 9.17) is 26.1 Å². The number of nitrogens with one attached hydrogen (secondary N) is 1. The van der Waals surface area contributed by atoms with Crippen LogP contribution in [0.3, 0.4) is 0 Å². The molecular weight excluding hydrogens is 654 g/mol.